The van der Waals surface area contributed by atoms with Gasteiger partial charge in [0.15, 0.2) is 5.78 Å². The Morgan fingerprint density at radius 1 is 1.26 bits per heavy atom. The number of aliphatic hydroxyl groups excluding tert-OH is 1. The number of carbonyl (C=O) groups is 1. The molecule has 0 aliphatic rings. The minimum absolute atomic E-state index is 0.0273. The summed E-state index contributed by atoms with van der Waals surface area (Å²) in [6, 6.07) is 5.45. The number of benzene rings is 1. The first-order valence-electron chi connectivity index (χ1n) is 5.88. The Bertz CT molecular complexity index is 395. The molecule has 0 bridgehead atoms. The summed E-state index contributed by atoms with van der Waals surface area (Å²) in [6.07, 6.45) is -2.49. The Morgan fingerprint density at radius 2 is 1.89 bits per heavy atom. The summed E-state index contributed by atoms with van der Waals surface area (Å²) in [5.41, 5.74) is 0.632. The van der Waals surface area contributed by atoms with E-state index in [0.29, 0.717) is 5.56 Å². The summed E-state index contributed by atoms with van der Waals surface area (Å²) < 4.78 is 37.2. The van der Waals surface area contributed by atoms with Crippen LogP contribution >= 0.6 is 0 Å². The van der Waals surface area contributed by atoms with Gasteiger partial charge in [-0.1, -0.05) is 12.1 Å². The van der Waals surface area contributed by atoms with Crippen molar-refractivity contribution in [3.05, 3.63) is 35.6 Å². The molecule has 0 saturated heterocycles. The SMILES string of the molecule is O=C(Cc1ccc(F)cc1)CN(CCO)CC(F)F. The highest BCUT2D eigenvalue weighted by Gasteiger charge is 2.15. The van der Waals surface area contributed by atoms with Crippen molar-refractivity contribution in [3.63, 3.8) is 0 Å². The van der Waals surface area contributed by atoms with Gasteiger partial charge < -0.3 is 5.11 Å². The summed E-state index contributed by atoms with van der Waals surface area (Å²) in [5, 5.41) is 8.74. The molecule has 1 N–H and O–H groups in total. The van der Waals surface area contributed by atoms with E-state index in [2.05, 4.69) is 0 Å². The van der Waals surface area contributed by atoms with Crippen LogP contribution in [-0.2, 0) is 11.2 Å². The minimum atomic E-state index is -2.55. The van der Waals surface area contributed by atoms with Crippen LogP contribution in [0.3, 0.4) is 0 Å². The van der Waals surface area contributed by atoms with Gasteiger partial charge in [-0.05, 0) is 17.7 Å². The van der Waals surface area contributed by atoms with Crippen LogP contribution in [0.4, 0.5) is 13.2 Å². The predicted octanol–water partition coefficient (Wildman–Crippen LogP) is 1.50. The standard InChI is InChI=1S/C13H16F3NO2/c14-11-3-1-10(2-4-11)7-12(19)8-17(5-6-18)9-13(15)16/h1-4,13,18H,5-9H2. The smallest absolute Gasteiger partial charge is 0.251 e. The second-order valence-corrected chi connectivity index (χ2v) is 4.19. The molecule has 1 rings (SSSR count). The molecule has 0 fully saturated rings. The van der Waals surface area contributed by atoms with Crippen molar-refractivity contribution in [2.24, 2.45) is 0 Å². The van der Waals surface area contributed by atoms with E-state index in [1.807, 2.05) is 0 Å². The topological polar surface area (TPSA) is 40.5 Å². The molecule has 0 atom stereocenters. The van der Waals surface area contributed by atoms with E-state index in [1.165, 1.54) is 29.2 Å². The molecule has 1 aromatic rings. The first-order chi connectivity index (χ1) is 9.01. The zero-order valence-corrected chi connectivity index (χ0v) is 10.4. The number of hydrogen-bond donors (Lipinski definition) is 1. The monoisotopic (exact) mass is 275 g/mol. The number of rotatable bonds is 8. The molecule has 0 heterocycles. The lowest BCUT2D eigenvalue weighted by Crippen LogP contribution is -2.36. The molecule has 3 nitrogen and oxygen atoms in total. The third-order valence-electron chi connectivity index (χ3n) is 2.53. The molecule has 19 heavy (non-hydrogen) atoms. The average Bonchev–Trinajstić information content (AvgIpc) is 2.31. The average molecular weight is 275 g/mol. The summed E-state index contributed by atoms with van der Waals surface area (Å²) in [7, 11) is 0. The van der Waals surface area contributed by atoms with Crippen molar-refractivity contribution in [1.82, 2.24) is 4.90 Å². The number of halogens is 3. The van der Waals surface area contributed by atoms with Crippen LogP contribution in [0, 0.1) is 5.82 Å². The van der Waals surface area contributed by atoms with Gasteiger partial charge in [0.1, 0.15) is 5.82 Å². The van der Waals surface area contributed by atoms with Crippen molar-refractivity contribution >= 4 is 5.78 Å². The van der Waals surface area contributed by atoms with Gasteiger partial charge in [-0.15, -0.1) is 0 Å². The predicted molar refractivity (Wildman–Crippen MR) is 64.6 cm³/mol. The van der Waals surface area contributed by atoms with Gasteiger partial charge in [0.25, 0.3) is 6.43 Å². The highest BCUT2D eigenvalue weighted by Crippen LogP contribution is 2.05. The maximum absolute atomic E-state index is 12.7. The number of Topliss-reactive ketones (excluding diaryl/α,β-unsaturated/α-hetero) is 1. The number of aliphatic hydroxyl groups is 1. The van der Waals surface area contributed by atoms with Crippen LogP contribution in [0.5, 0.6) is 0 Å². The van der Waals surface area contributed by atoms with E-state index >= 15 is 0 Å². The minimum Gasteiger partial charge on any atom is -0.395 e. The highest BCUT2D eigenvalue weighted by atomic mass is 19.3. The van der Waals surface area contributed by atoms with E-state index < -0.39 is 18.8 Å². The molecule has 0 saturated carbocycles. The molecule has 0 unspecified atom stereocenters. The van der Waals surface area contributed by atoms with Gasteiger partial charge in [-0.25, -0.2) is 13.2 Å². The third-order valence-corrected chi connectivity index (χ3v) is 2.53. The third kappa shape index (κ3) is 6.35. The van der Waals surface area contributed by atoms with Crippen molar-refractivity contribution in [2.75, 3.05) is 26.2 Å². The number of carbonyl (C=O) groups excluding carboxylic acids is 1. The van der Waals surface area contributed by atoms with E-state index in [0.717, 1.165) is 0 Å². The maximum Gasteiger partial charge on any atom is 0.251 e. The van der Waals surface area contributed by atoms with Crippen LogP contribution < -0.4 is 0 Å². The first kappa shape index (κ1) is 15.7. The number of ketones is 1. The van der Waals surface area contributed by atoms with Crippen LogP contribution in [0.25, 0.3) is 0 Å². The molecule has 0 aliphatic carbocycles. The normalized spacial score (nSPS) is 11.3. The Morgan fingerprint density at radius 3 is 2.42 bits per heavy atom. The fraction of sp³-hybridized carbons (Fsp3) is 0.462. The number of nitrogens with zero attached hydrogens (tertiary/aromatic N) is 1. The van der Waals surface area contributed by atoms with Gasteiger partial charge in [0.2, 0.25) is 0 Å². The van der Waals surface area contributed by atoms with E-state index in [-0.39, 0.29) is 31.9 Å². The fourth-order valence-electron chi connectivity index (χ4n) is 1.71. The molecule has 0 amide bonds. The lowest BCUT2D eigenvalue weighted by atomic mass is 10.1. The van der Waals surface area contributed by atoms with Gasteiger partial charge >= 0.3 is 0 Å². The lowest BCUT2D eigenvalue weighted by molar-refractivity contribution is -0.120. The van der Waals surface area contributed by atoms with Crippen molar-refractivity contribution in [3.8, 4) is 0 Å². The quantitative estimate of drug-likeness (QED) is 0.781. The molecule has 0 radical (unpaired) electrons. The van der Waals surface area contributed by atoms with Gasteiger partial charge in [-0.2, -0.15) is 0 Å². The fourth-order valence-corrected chi connectivity index (χ4v) is 1.71. The van der Waals surface area contributed by atoms with Gasteiger partial charge in [0, 0.05) is 13.0 Å². The zero-order chi connectivity index (χ0) is 14.3. The summed E-state index contributed by atoms with van der Waals surface area (Å²) in [5.74, 6) is -0.642. The first-order valence-corrected chi connectivity index (χ1v) is 5.88. The summed E-state index contributed by atoms with van der Waals surface area (Å²) in [6.45, 7) is -0.950. The van der Waals surface area contributed by atoms with Gasteiger partial charge in [0.05, 0.1) is 19.7 Å². The molecular formula is C13H16F3NO2. The molecule has 0 aliphatic heterocycles. The van der Waals surface area contributed by atoms with E-state index in [9.17, 15) is 18.0 Å². The Hall–Kier alpha value is -1.40. The maximum atomic E-state index is 12.7. The highest BCUT2D eigenvalue weighted by molar-refractivity contribution is 5.82. The van der Waals surface area contributed by atoms with Crippen molar-refractivity contribution in [1.29, 1.82) is 0 Å². The molecule has 106 valence electrons. The van der Waals surface area contributed by atoms with Crippen LogP contribution in [0.15, 0.2) is 24.3 Å². The van der Waals surface area contributed by atoms with E-state index in [1.54, 1.807) is 0 Å². The number of hydrogen-bond acceptors (Lipinski definition) is 3. The molecule has 6 heteroatoms. The van der Waals surface area contributed by atoms with Crippen LogP contribution in [0.1, 0.15) is 5.56 Å². The van der Waals surface area contributed by atoms with Crippen molar-refractivity contribution < 1.29 is 23.1 Å². The van der Waals surface area contributed by atoms with Crippen molar-refractivity contribution in [2.45, 2.75) is 12.8 Å². The van der Waals surface area contributed by atoms with Crippen LogP contribution in [-0.4, -0.2) is 48.5 Å². The Balaban J connectivity index is 2.49. The largest absolute Gasteiger partial charge is 0.395 e. The summed E-state index contributed by atoms with van der Waals surface area (Å²) >= 11 is 0. The van der Waals surface area contributed by atoms with E-state index in [4.69, 9.17) is 5.11 Å². The Kier molecular flexibility index (Phi) is 6.52. The molecule has 0 aromatic heterocycles. The molecule has 1 aromatic carbocycles. The lowest BCUT2D eigenvalue weighted by Gasteiger charge is -2.19. The van der Waals surface area contributed by atoms with Crippen LogP contribution in [0.2, 0.25) is 0 Å². The van der Waals surface area contributed by atoms with Gasteiger partial charge in [-0.3, -0.25) is 9.69 Å². The summed E-state index contributed by atoms with van der Waals surface area (Å²) in [4.78, 5) is 12.9. The second kappa shape index (κ2) is 7.91. The molecule has 0 spiro atoms. The Labute approximate surface area is 109 Å². The zero-order valence-electron chi connectivity index (χ0n) is 10.4. The second-order valence-electron chi connectivity index (χ2n) is 4.19. The number of alkyl halides is 2. The molecular weight excluding hydrogens is 259 g/mol.